The lowest BCUT2D eigenvalue weighted by Gasteiger charge is -2.33. The fourth-order valence-electron chi connectivity index (χ4n) is 2.55. The molecule has 3 atom stereocenters. The van der Waals surface area contributed by atoms with Crippen LogP contribution in [0.5, 0.6) is 0 Å². The smallest absolute Gasteiger partial charge is 0.224 e. The van der Waals surface area contributed by atoms with Gasteiger partial charge in [0.05, 0.1) is 31.3 Å². The number of carbonyl (C=O) groups is 1. The minimum Gasteiger partial charge on any atom is -0.389 e. The third kappa shape index (κ3) is 6.17. The van der Waals surface area contributed by atoms with Gasteiger partial charge in [-0.05, 0) is 26.3 Å². The molecule has 0 radical (unpaired) electrons. The van der Waals surface area contributed by atoms with Gasteiger partial charge in [0, 0.05) is 27.2 Å². The first kappa shape index (κ1) is 17.4. The predicted molar refractivity (Wildman–Crippen MR) is 76.5 cm³/mol. The van der Waals surface area contributed by atoms with Crippen molar-refractivity contribution in [3.05, 3.63) is 0 Å². The van der Waals surface area contributed by atoms with E-state index < -0.39 is 6.10 Å². The van der Waals surface area contributed by atoms with Crippen LogP contribution in [0.25, 0.3) is 0 Å². The molecule has 1 aliphatic rings. The van der Waals surface area contributed by atoms with Crippen molar-refractivity contribution in [3.8, 4) is 0 Å². The van der Waals surface area contributed by atoms with Crippen LogP contribution in [0, 0.1) is 5.92 Å². The lowest BCUT2D eigenvalue weighted by atomic mass is 9.97. The number of nitrogens with one attached hydrogen (secondary N) is 1. The molecular weight excluding hydrogens is 260 g/mol. The molecule has 1 heterocycles. The van der Waals surface area contributed by atoms with E-state index in [-0.39, 0.29) is 17.9 Å². The number of ether oxygens (including phenoxy) is 2. The summed E-state index contributed by atoms with van der Waals surface area (Å²) in [5.74, 6) is 0.128. The molecule has 1 fully saturated rings. The summed E-state index contributed by atoms with van der Waals surface area (Å²) in [7, 11) is 3.30. The monoisotopic (exact) mass is 288 g/mol. The molecular formula is C14H28N2O4. The summed E-state index contributed by atoms with van der Waals surface area (Å²) in [6.45, 7) is 4.93. The molecule has 20 heavy (non-hydrogen) atoms. The van der Waals surface area contributed by atoms with Crippen LogP contribution in [-0.2, 0) is 14.3 Å². The molecule has 6 nitrogen and oxygen atoms in total. The van der Waals surface area contributed by atoms with Crippen molar-refractivity contribution >= 4 is 5.91 Å². The van der Waals surface area contributed by atoms with Gasteiger partial charge in [0.2, 0.25) is 5.91 Å². The van der Waals surface area contributed by atoms with Crippen LogP contribution in [0.4, 0.5) is 0 Å². The molecule has 1 aliphatic heterocycles. The number of aliphatic hydroxyl groups is 1. The molecule has 118 valence electrons. The Bertz CT molecular complexity index is 288. The highest BCUT2D eigenvalue weighted by atomic mass is 16.5. The first-order valence-electron chi connectivity index (χ1n) is 7.29. The van der Waals surface area contributed by atoms with E-state index in [2.05, 4.69) is 10.2 Å². The molecule has 2 N–H and O–H groups in total. The van der Waals surface area contributed by atoms with Gasteiger partial charge in [-0.15, -0.1) is 0 Å². The molecule has 1 rings (SSSR count). The van der Waals surface area contributed by atoms with Crippen LogP contribution >= 0.6 is 0 Å². The van der Waals surface area contributed by atoms with Gasteiger partial charge in [-0.1, -0.05) is 0 Å². The molecule has 6 heteroatoms. The zero-order chi connectivity index (χ0) is 15.0. The van der Waals surface area contributed by atoms with Crippen molar-refractivity contribution in [1.82, 2.24) is 10.2 Å². The Morgan fingerprint density at radius 1 is 1.50 bits per heavy atom. The number of likely N-dealkylation sites (tertiary alicyclic amines) is 1. The molecule has 3 unspecified atom stereocenters. The maximum absolute atomic E-state index is 11.6. The third-order valence-corrected chi connectivity index (χ3v) is 3.57. The molecule has 0 spiro atoms. The van der Waals surface area contributed by atoms with Gasteiger partial charge in [0.15, 0.2) is 0 Å². The number of β-amino-alcohol motifs (C(OH)–C–C–N with tert-alkyl or cyclic N) is 1. The first-order valence-corrected chi connectivity index (χ1v) is 7.29. The lowest BCUT2D eigenvalue weighted by Crippen LogP contribution is -2.45. The third-order valence-electron chi connectivity index (χ3n) is 3.57. The number of aliphatic hydroxyl groups excluding tert-OH is 1. The summed E-state index contributed by atoms with van der Waals surface area (Å²) in [4.78, 5) is 13.8. The van der Waals surface area contributed by atoms with Gasteiger partial charge in [-0.2, -0.15) is 0 Å². The number of nitrogens with zero attached hydrogens (tertiary/aromatic N) is 1. The minimum absolute atomic E-state index is 0.0189. The standard InChI is InChI=1S/C14H28N2O4/c1-11(9-19-3)20-10-13(17)8-16-6-4-5-12(7-16)14(18)15-2/h11-13,17H,4-10H2,1-3H3,(H,15,18). The van der Waals surface area contributed by atoms with Crippen molar-refractivity contribution in [3.63, 3.8) is 0 Å². The Morgan fingerprint density at radius 3 is 2.90 bits per heavy atom. The van der Waals surface area contributed by atoms with Gasteiger partial charge >= 0.3 is 0 Å². The van der Waals surface area contributed by atoms with Gasteiger partial charge in [0.1, 0.15) is 0 Å². The predicted octanol–water partition coefficient (Wildman–Crippen LogP) is -0.143. The molecule has 0 bridgehead atoms. The maximum Gasteiger partial charge on any atom is 0.224 e. The number of amides is 1. The summed E-state index contributed by atoms with van der Waals surface area (Å²) in [6, 6.07) is 0. The lowest BCUT2D eigenvalue weighted by molar-refractivity contribution is -0.126. The Hall–Kier alpha value is -0.690. The van der Waals surface area contributed by atoms with Gasteiger partial charge < -0.3 is 19.9 Å². The molecule has 0 aliphatic carbocycles. The molecule has 0 saturated carbocycles. The highest BCUT2D eigenvalue weighted by molar-refractivity contribution is 5.78. The van der Waals surface area contributed by atoms with Crippen LogP contribution in [0.3, 0.4) is 0 Å². The Balaban J connectivity index is 2.27. The van der Waals surface area contributed by atoms with E-state index in [1.165, 1.54) is 0 Å². The van der Waals surface area contributed by atoms with Crippen molar-refractivity contribution in [2.75, 3.05) is 47.0 Å². The Kier molecular flexibility index (Phi) is 8.06. The number of hydrogen-bond donors (Lipinski definition) is 2. The summed E-state index contributed by atoms with van der Waals surface area (Å²) in [6.07, 6.45) is 1.37. The molecule has 0 aromatic rings. The van der Waals surface area contributed by atoms with Crippen LogP contribution in [0.1, 0.15) is 19.8 Å². The van der Waals surface area contributed by atoms with Crippen molar-refractivity contribution in [1.29, 1.82) is 0 Å². The van der Waals surface area contributed by atoms with Crippen LogP contribution in [0.15, 0.2) is 0 Å². The fourth-order valence-corrected chi connectivity index (χ4v) is 2.55. The highest BCUT2D eigenvalue weighted by Crippen LogP contribution is 2.16. The number of carbonyl (C=O) groups excluding carboxylic acids is 1. The number of hydrogen-bond acceptors (Lipinski definition) is 5. The quantitative estimate of drug-likeness (QED) is 0.650. The largest absolute Gasteiger partial charge is 0.389 e. The van der Waals surface area contributed by atoms with Gasteiger partial charge in [0.25, 0.3) is 0 Å². The maximum atomic E-state index is 11.6. The van der Waals surface area contributed by atoms with E-state index in [1.807, 2.05) is 6.92 Å². The van der Waals surface area contributed by atoms with E-state index in [1.54, 1.807) is 14.2 Å². The minimum atomic E-state index is -0.530. The fraction of sp³-hybridized carbons (Fsp3) is 0.929. The van der Waals surface area contributed by atoms with Crippen LogP contribution in [0.2, 0.25) is 0 Å². The van der Waals surface area contributed by atoms with Crippen molar-refractivity contribution in [2.24, 2.45) is 5.92 Å². The summed E-state index contributed by atoms with van der Waals surface area (Å²) < 4.78 is 10.5. The average molecular weight is 288 g/mol. The topological polar surface area (TPSA) is 71.0 Å². The summed E-state index contributed by atoms with van der Waals surface area (Å²) >= 11 is 0. The number of piperidine rings is 1. The summed E-state index contributed by atoms with van der Waals surface area (Å²) in [5.41, 5.74) is 0. The van der Waals surface area contributed by atoms with E-state index >= 15 is 0 Å². The SMILES string of the molecule is CNC(=O)C1CCCN(CC(O)COC(C)COC)C1. The highest BCUT2D eigenvalue weighted by Gasteiger charge is 2.26. The molecule has 1 saturated heterocycles. The van der Waals surface area contributed by atoms with Crippen LogP contribution < -0.4 is 5.32 Å². The average Bonchev–Trinajstić information content (AvgIpc) is 2.45. The van der Waals surface area contributed by atoms with Crippen molar-refractivity contribution in [2.45, 2.75) is 32.0 Å². The normalized spacial score (nSPS) is 23.3. The Labute approximate surface area is 121 Å². The second-order valence-corrected chi connectivity index (χ2v) is 5.47. The van der Waals surface area contributed by atoms with E-state index in [4.69, 9.17) is 9.47 Å². The second kappa shape index (κ2) is 9.28. The number of methoxy groups -OCH3 is 1. The Morgan fingerprint density at radius 2 is 2.25 bits per heavy atom. The van der Waals surface area contributed by atoms with Gasteiger partial charge in [-0.3, -0.25) is 9.69 Å². The molecule has 0 aromatic carbocycles. The van der Waals surface area contributed by atoms with E-state index in [0.29, 0.717) is 26.3 Å². The zero-order valence-corrected chi connectivity index (χ0v) is 12.8. The molecule has 0 aromatic heterocycles. The van der Waals surface area contributed by atoms with E-state index in [0.717, 1.165) is 19.4 Å². The van der Waals surface area contributed by atoms with E-state index in [9.17, 15) is 9.90 Å². The van der Waals surface area contributed by atoms with Crippen molar-refractivity contribution < 1.29 is 19.4 Å². The zero-order valence-electron chi connectivity index (χ0n) is 12.8. The number of rotatable bonds is 8. The van der Waals surface area contributed by atoms with Crippen LogP contribution in [-0.4, -0.2) is 75.1 Å². The summed E-state index contributed by atoms with van der Waals surface area (Å²) in [5, 5.41) is 12.7. The first-order chi connectivity index (χ1) is 9.56. The van der Waals surface area contributed by atoms with Gasteiger partial charge in [-0.25, -0.2) is 0 Å². The second-order valence-electron chi connectivity index (χ2n) is 5.47. The molecule has 1 amide bonds.